The highest BCUT2D eigenvalue weighted by molar-refractivity contribution is 5.30. The van der Waals surface area contributed by atoms with Crippen LogP contribution in [0.2, 0.25) is 0 Å². The zero-order chi connectivity index (χ0) is 29.4. The van der Waals surface area contributed by atoms with Crippen molar-refractivity contribution in [3.8, 4) is 11.8 Å². The zero-order valence-electron chi connectivity index (χ0n) is 21.3. The van der Waals surface area contributed by atoms with Crippen LogP contribution in [0.25, 0.3) is 0 Å². The van der Waals surface area contributed by atoms with E-state index in [0.717, 1.165) is 5.56 Å². The first-order chi connectivity index (χ1) is 19.4. The van der Waals surface area contributed by atoms with Crippen LogP contribution in [-0.4, -0.2) is 43.5 Å². The second kappa shape index (κ2) is 11.1. The van der Waals surface area contributed by atoms with Crippen molar-refractivity contribution < 1.29 is 40.7 Å². The molecule has 1 aromatic carbocycles. The summed E-state index contributed by atoms with van der Waals surface area (Å²) in [6.07, 6.45) is -4.83. The summed E-state index contributed by atoms with van der Waals surface area (Å²) in [6.45, 7) is 0.0869. The number of rotatable bonds is 7. The van der Waals surface area contributed by atoms with Crippen LogP contribution in [0.5, 0.6) is 11.8 Å². The van der Waals surface area contributed by atoms with Gasteiger partial charge in [-0.25, -0.2) is 9.97 Å². The third kappa shape index (κ3) is 6.86. The summed E-state index contributed by atoms with van der Waals surface area (Å²) in [5, 5.41) is 13.9. The fraction of sp³-hybridized carbons (Fsp3) is 0.480. The van der Waals surface area contributed by atoms with E-state index in [0.29, 0.717) is 25.7 Å². The minimum atomic E-state index is -4.78. The van der Waals surface area contributed by atoms with E-state index >= 15 is 0 Å². The van der Waals surface area contributed by atoms with E-state index < -0.39 is 29.2 Å². The van der Waals surface area contributed by atoms with Crippen molar-refractivity contribution in [1.29, 1.82) is 0 Å². The Kier molecular flexibility index (Phi) is 7.76. The van der Waals surface area contributed by atoms with E-state index in [1.807, 2.05) is 0 Å². The quantitative estimate of drug-likeness (QED) is 0.220. The van der Waals surface area contributed by atoms with Gasteiger partial charge in [0.05, 0.1) is 6.04 Å². The molecule has 1 aliphatic carbocycles. The molecule has 1 fully saturated rings. The van der Waals surface area contributed by atoms with Gasteiger partial charge in [0.2, 0.25) is 0 Å². The van der Waals surface area contributed by atoms with E-state index in [4.69, 9.17) is 4.74 Å². The molecule has 1 saturated carbocycles. The van der Waals surface area contributed by atoms with Gasteiger partial charge in [0.15, 0.2) is 5.69 Å². The van der Waals surface area contributed by atoms with Gasteiger partial charge in [-0.2, -0.15) is 13.2 Å². The normalized spacial score (nSPS) is 21.2. The lowest BCUT2D eigenvalue weighted by molar-refractivity contribution is -0.389. The Morgan fingerprint density at radius 2 is 1.73 bits per heavy atom. The highest BCUT2D eigenvalue weighted by Gasteiger charge is 2.38. The van der Waals surface area contributed by atoms with Crippen LogP contribution >= 0.6 is 0 Å². The highest BCUT2D eigenvalue weighted by Crippen LogP contribution is 2.41. The third-order valence-corrected chi connectivity index (χ3v) is 7.16. The molecular formula is C25H24F6N6O4. The average molecular weight is 586 g/mol. The molecule has 1 atom stereocenters. The number of nitrogens with zero attached hydrogens (tertiary/aromatic N) is 5. The summed E-state index contributed by atoms with van der Waals surface area (Å²) >= 11 is 0. The molecule has 0 radical (unpaired) electrons. The average Bonchev–Trinajstić information content (AvgIpc) is 3.35. The van der Waals surface area contributed by atoms with Gasteiger partial charge in [-0.15, -0.1) is 13.2 Å². The maximum Gasteiger partial charge on any atom is 0.573 e. The molecule has 41 heavy (non-hydrogen) atoms. The van der Waals surface area contributed by atoms with E-state index in [2.05, 4.69) is 25.0 Å². The van der Waals surface area contributed by atoms with Crippen molar-refractivity contribution in [2.24, 2.45) is 0 Å². The Hall–Kier alpha value is -3.95. The fourth-order valence-corrected chi connectivity index (χ4v) is 5.18. The van der Waals surface area contributed by atoms with E-state index in [1.54, 1.807) is 12.1 Å². The van der Waals surface area contributed by atoms with Crippen LogP contribution < -0.4 is 14.8 Å². The molecule has 1 aliphatic heterocycles. The molecule has 0 spiro atoms. The van der Waals surface area contributed by atoms with Crippen LogP contribution in [0.15, 0.2) is 36.7 Å². The number of hydrogen-bond donors (Lipinski definition) is 1. The van der Waals surface area contributed by atoms with Gasteiger partial charge in [0, 0.05) is 35.8 Å². The van der Waals surface area contributed by atoms with E-state index in [-0.39, 0.29) is 60.5 Å². The molecule has 5 rings (SSSR count). The zero-order valence-corrected chi connectivity index (χ0v) is 21.3. The van der Waals surface area contributed by atoms with Crippen LogP contribution in [0.3, 0.4) is 0 Å². The fourth-order valence-electron chi connectivity index (χ4n) is 5.18. The number of benzene rings is 1. The van der Waals surface area contributed by atoms with Crippen molar-refractivity contribution in [3.05, 3.63) is 69.4 Å². The van der Waals surface area contributed by atoms with E-state index in [1.165, 1.54) is 29.1 Å². The number of aromatic nitrogens is 4. The number of nitro groups is 1. The van der Waals surface area contributed by atoms with Gasteiger partial charge in [-0.05, 0) is 54.2 Å². The number of nitrogens with one attached hydrogen (secondary N) is 1. The highest BCUT2D eigenvalue weighted by atomic mass is 19.4. The molecule has 0 bridgehead atoms. The predicted octanol–water partition coefficient (Wildman–Crippen LogP) is 5.49. The molecule has 2 aliphatic rings. The molecule has 3 aromatic rings. The molecule has 3 heterocycles. The van der Waals surface area contributed by atoms with Gasteiger partial charge in [0.25, 0.3) is 0 Å². The first-order valence-electron chi connectivity index (χ1n) is 12.7. The molecule has 0 saturated heterocycles. The smallest absolute Gasteiger partial charge is 0.444 e. The van der Waals surface area contributed by atoms with Gasteiger partial charge in [-0.1, -0.05) is 12.1 Å². The Bertz CT molecular complexity index is 1390. The topological polar surface area (TPSA) is 117 Å². The summed E-state index contributed by atoms with van der Waals surface area (Å²) in [6, 6.07) is 5.27. The van der Waals surface area contributed by atoms with Crippen molar-refractivity contribution in [1.82, 2.24) is 24.8 Å². The first kappa shape index (κ1) is 28.6. The number of imidazole rings is 1. The summed E-state index contributed by atoms with van der Waals surface area (Å²) in [7, 11) is 0. The Morgan fingerprint density at radius 1 is 1.05 bits per heavy atom. The molecule has 16 heteroatoms. The molecule has 2 aromatic heterocycles. The van der Waals surface area contributed by atoms with Crippen molar-refractivity contribution in [2.45, 2.75) is 69.2 Å². The van der Waals surface area contributed by atoms with Crippen LogP contribution in [-0.2, 0) is 19.3 Å². The summed E-state index contributed by atoms with van der Waals surface area (Å²) in [4.78, 5) is 22.2. The van der Waals surface area contributed by atoms with Crippen LogP contribution in [0.1, 0.15) is 60.2 Å². The molecular weight excluding hydrogens is 562 g/mol. The second-order valence-corrected chi connectivity index (χ2v) is 9.95. The maximum absolute atomic E-state index is 14.0. The van der Waals surface area contributed by atoms with Gasteiger partial charge >= 0.3 is 24.4 Å². The largest absolute Gasteiger partial charge is 0.573 e. The number of hydrogen-bond acceptors (Lipinski definition) is 8. The number of alkyl halides is 6. The van der Waals surface area contributed by atoms with E-state index in [9.17, 15) is 36.5 Å². The monoisotopic (exact) mass is 586 g/mol. The van der Waals surface area contributed by atoms with Gasteiger partial charge < -0.3 is 24.9 Å². The Morgan fingerprint density at radius 3 is 2.37 bits per heavy atom. The predicted molar refractivity (Wildman–Crippen MR) is 129 cm³/mol. The van der Waals surface area contributed by atoms with Crippen molar-refractivity contribution in [2.75, 3.05) is 6.61 Å². The first-order valence-corrected chi connectivity index (χ1v) is 12.7. The summed E-state index contributed by atoms with van der Waals surface area (Å²) < 4.78 is 89.8. The summed E-state index contributed by atoms with van der Waals surface area (Å²) in [5.41, 5.74) is -0.341. The minimum Gasteiger partial charge on any atom is -0.444 e. The lowest BCUT2D eigenvalue weighted by atomic mass is 9.78. The van der Waals surface area contributed by atoms with Gasteiger partial charge in [0.1, 0.15) is 24.4 Å². The Balaban J connectivity index is 1.21. The van der Waals surface area contributed by atoms with Gasteiger partial charge in [-0.3, -0.25) is 4.57 Å². The SMILES string of the molecule is O=[N+]([O-])c1cn2c(n1)OC[C@@H](NCc1cnc(C3CCC(c4ccc(OC(F)(F)F)cc4)CC3)nc1C(F)(F)F)C2. The van der Waals surface area contributed by atoms with Crippen molar-refractivity contribution in [3.63, 3.8) is 0 Å². The number of halogens is 6. The lowest BCUT2D eigenvalue weighted by Gasteiger charge is -2.28. The molecule has 0 amide bonds. The Labute approximate surface area is 228 Å². The van der Waals surface area contributed by atoms with Crippen molar-refractivity contribution >= 4 is 5.82 Å². The van der Waals surface area contributed by atoms with Crippen LogP contribution in [0.4, 0.5) is 32.2 Å². The molecule has 1 N–H and O–H groups in total. The number of ether oxygens (including phenoxy) is 2. The molecule has 0 unspecified atom stereocenters. The third-order valence-electron chi connectivity index (χ3n) is 7.16. The second-order valence-electron chi connectivity index (χ2n) is 9.95. The maximum atomic E-state index is 14.0. The molecule has 220 valence electrons. The lowest BCUT2D eigenvalue weighted by Crippen LogP contribution is -2.41. The molecule has 10 nitrogen and oxygen atoms in total. The number of fused-ring (bicyclic) bond motifs is 1. The minimum absolute atomic E-state index is 0.0481. The van der Waals surface area contributed by atoms with Crippen LogP contribution in [0, 0.1) is 10.1 Å². The summed E-state index contributed by atoms with van der Waals surface area (Å²) in [5.74, 6) is -0.836. The standard InChI is InChI=1S/C25H24F6N6O4/c26-24(27,28)21-17(9-32-18-11-36-12-20(37(38)39)34-23(36)40-13-18)10-33-22(35-21)16-3-1-14(2-4-16)15-5-7-19(8-6-15)41-25(29,30)31/h5-8,10,12,14,16,18,32H,1-4,9,11,13H2/t14?,16?,18-/m0/s1.